The van der Waals surface area contributed by atoms with Gasteiger partial charge in [-0.25, -0.2) is 0 Å². The first-order valence-electron chi connectivity index (χ1n) is 9.26. The lowest BCUT2D eigenvalue weighted by molar-refractivity contribution is -0.113. The molecule has 29 heavy (non-hydrogen) atoms. The molecule has 0 aliphatic rings. The lowest BCUT2D eigenvalue weighted by Crippen LogP contribution is -2.14. The molecule has 1 heterocycles. The SMILES string of the molecule is Cc1cccc(-c2nnc(SCC(=O)Nc3ccccc3)n2-c2ccccc2)c1. The van der Waals surface area contributed by atoms with Crippen molar-refractivity contribution in [1.82, 2.24) is 14.8 Å². The van der Waals surface area contributed by atoms with Gasteiger partial charge in [0.25, 0.3) is 0 Å². The van der Waals surface area contributed by atoms with Gasteiger partial charge < -0.3 is 5.32 Å². The van der Waals surface area contributed by atoms with E-state index in [0.717, 1.165) is 28.3 Å². The lowest BCUT2D eigenvalue weighted by Gasteiger charge is -2.11. The normalized spacial score (nSPS) is 10.7. The summed E-state index contributed by atoms with van der Waals surface area (Å²) in [6, 6.07) is 27.5. The molecule has 6 heteroatoms. The van der Waals surface area contributed by atoms with E-state index in [0.29, 0.717) is 5.16 Å². The highest BCUT2D eigenvalue weighted by atomic mass is 32.2. The third-order valence-corrected chi connectivity index (χ3v) is 5.24. The number of nitrogens with one attached hydrogen (secondary N) is 1. The number of anilines is 1. The third kappa shape index (κ3) is 4.55. The van der Waals surface area contributed by atoms with Crippen LogP contribution in [0.3, 0.4) is 0 Å². The van der Waals surface area contributed by atoms with E-state index in [-0.39, 0.29) is 11.7 Å². The number of para-hydroxylation sites is 2. The summed E-state index contributed by atoms with van der Waals surface area (Å²) in [6.45, 7) is 2.05. The highest BCUT2D eigenvalue weighted by Gasteiger charge is 2.17. The van der Waals surface area contributed by atoms with Gasteiger partial charge in [-0.3, -0.25) is 9.36 Å². The number of aromatic nitrogens is 3. The molecule has 3 aromatic carbocycles. The fourth-order valence-corrected chi connectivity index (χ4v) is 3.74. The number of benzene rings is 3. The number of carbonyl (C=O) groups excluding carboxylic acids is 1. The first kappa shape index (κ1) is 19.0. The van der Waals surface area contributed by atoms with Crippen LogP contribution in [0.25, 0.3) is 17.1 Å². The van der Waals surface area contributed by atoms with Crippen molar-refractivity contribution >= 4 is 23.4 Å². The minimum Gasteiger partial charge on any atom is -0.325 e. The number of thioether (sulfide) groups is 1. The topological polar surface area (TPSA) is 59.8 Å². The van der Waals surface area contributed by atoms with E-state index in [2.05, 4.69) is 34.6 Å². The summed E-state index contributed by atoms with van der Waals surface area (Å²) in [5, 5.41) is 12.4. The van der Waals surface area contributed by atoms with Crippen molar-refractivity contribution in [3.63, 3.8) is 0 Å². The van der Waals surface area contributed by atoms with Crippen molar-refractivity contribution < 1.29 is 4.79 Å². The van der Waals surface area contributed by atoms with Gasteiger partial charge in [-0.15, -0.1) is 10.2 Å². The van der Waals surface area contributed by atoms with Crippen LogP contribution in [0.2, 0.25) is 0 Å². The van der Waals surface area contributed by atoms with Crippen LogP contribution in [-0.2, 0) is 4.79 Å². The Balaban J connectivity index is 1.61. The second kappa shape index (κ2) is 8.75. The van der Waals surface area contributed by atoms with Gasteiger partial charge in [-0.1, -0.05) is 71.9 Å². The number of amides is 1. The van der Waals surface area contributed by atoms with Gasteiger partial charge in [0, 0.05) is 16.9 Å². The summed E-state index contributed by atoms with van der Waals surface area (Å²) in [7, 11) is 0. The summed E-state index contributed by atoms with van der Waals surface area (Å²) >= 11 is 1.37. The van der Waals surface area contributed by atoms with E-state index in [1.54, 1.807) is 0 Å². The zero-order valence-corrected chi connectivity index (χ0v) is 16.8. The predicted octanol–water partition coefficient (Wildman–Crippen LogP) is 4.97. The van der Waals surface area contributed by atoms with Crippen molar-refractivity contribution in [1.29, 1.82) is 0 Å². The fourth-order valence-electron chi connectivity index (χ4n) is 2.99. The molecule has 1 N–H and O–H groups in total. The van der Waals surface area contributed by atoms with Gasteiger partial charge in [-0.05, 0) is 37.3 Å². The molecule has 0 unspecified atom stereocenters. The van der Waals surface area contributed by atoms with E-state index in [4.69, 9.17) is 0 Å². The number of rotatable bonds is 6. The minimum absolute atomic E-state index is 0.0825. The van der Waals surface area contributed by atoms with Crippen LogP contribution < -0.4 is 5.32 Å². The Morgan fingerprint density at radius 3 is 2.38 bits per heavy atom. The van der Waals surface area contributed by atoms with Crippen LogP contribution in [0.4, 0.5) is 5.69 Å². The maximum absolute atomic E-state index is 12.4. The molecule has 0 aliphatic carbocycles. The molecule has 4 aromatic rings. The standard InChI is InChI=1S/C23H20N4OS/c1-17-9-8-10-18(15-17)22-25-26-23(27(22)20-13-6-3-7-14-20)29-16-21(28)24-19-11-4-2-5-12-19/h2-15H,16H2,1H3,(H,24,28). The highest BCUT2D eigenvalue weighted by Crippen LogP contribution is 2.28. The molecular weight excluding hydrogens is 380 g/mol. The number of hydrogen-bond donors (Lipinski definition) is 1. The summed E-state index contributed by atoms with van der Waals surface area (Å²) in [4.78, 5) is 12.4. The summed E-state index contributed by atoms with van der Waals surface area (Å²) in [6.07, 6.45) is 0. The van der Waals surface area contributed by atoms with E-state index in [1.807, 2.05) is 77.4 Å². The first-order valence-corrected chi connectivity index (χ1v) is 10.2. The fraction of sp³-hybridized carbons (Fsp3) is 0.0870. The Kier molecular flexibility index (Phi) is 5.72. The third-order valence-electron chi connectivity index (χ3n) is 4.31. The van der Waals surface area contributed by atoms with Crippen LogP contribution in [0.5, 0.6) is 0 Å². The zero-order valence-electron chi connectivity index (χ0n) is 15.9. The van der Waals surface area contributed by atoms with Gasteiger partial charge in [-0.2, -0.15) is 0 Å². The highest BCUT2D eigenvalue weighted by molar-refractivity contribution is 7.99. The van der Waals surface area contributed by atoms with Crippen molar-refractivity contribution in [2.75, 3.05) is 11.1 Å². The van der Waals surface area contributed by atoms with Gasteiger partial charge in [0.2, 0.25) is 5.91 Å². The van der Waals surface area contributed by atoms with Crippen molar-refractivity contribution in [3.8, 4) is 17.1 Å². The average molecular weight is 401 g/mol. The van der Waals surface area contributed by atoms with E-state index in [9.17, 15) is 4.79 Å². The Bertz CT molecular complexity index is 1110. The molecular formula is C23H20N4OS. The molecule has 0 radical (unpaired) electrons. The predicted molar refractivity (Wildman–Crippen MR) is 117 cm³/mol. The molecule has 0 atom stereocenters. The summed E-state index contributed by atoms with van der Waals surface area (Å²) < 4.78 is 2.00. The van der Waals surface area contributed by atoms with Gasteiger partial charge in [0.05, 0.1) is 5.75 Å². The molecule has 0 fully saturated rings. The number of aryl methyl sites for hydroxylation is 1. The Morgan fingerprint density at radius 1 is 0.931 bits per heavy atom. The largest absolute Gasteiger partial charge is 0.325 e. The molecule has 0 saturated carbocycles. The molecule has 4 rings (SSSR count). The lowest BCUT2D eigenvalue weighted by atomic mass is 10.1. The number of nitrogens with zero attached hydrogens (tertiary/aromatic N) is 3. The minimum atomic E-state index is -0.0825. The molecule has 0 saturated heterocycles. The zero-order chi connectivity index (χ0) is 20.1. The Hall–Kier alpha value is -3.38. The van der Waals surface area contributed by atoms with Crippen LogP contribution in [0.1, 0.15) is 5.56 Å². The van der Waals surface area contributed by atoms with Crippen LogP contribution in [0.15, 0.2) is 90.1 Å². The van der Waals surface area contributed by atoms with Gasteiger partial charge >= 0.3 is 0 Å². The monoisotopic (exact) mass is 400 g/mol. The number of carbonyl (C=O) groups is 1. The smallest absolute Gasteiger partial charge is 0.234 e. The number of hydrogen-bond acceptors (Lipinski definition) is 4. The quantitative estimate of drug-likeness (QED) is 0.464. The van der Waals surface area contributed by atoms with Crippen molar-refractivity contribution in [3.05, 3.63) is 90.5 Å². The molecule has 144 valence electrons. The molecule has 0 spiro atoms. The van der Waals surface area contributed by atoms with Crippen molar-refractivity contribution in [2.45, 2.75) is 12.1 Å². The maximum Gasteiger partial charge on any atom is 0.234 e. The average Bonchev–Trinajstić information content (AvgIpc) is 3.18. The molecule has 1 amide bonds. The second-order valence-corrected chi connectivity index (χ2v) is 7.49. The van der Waals surface area contributed by atoms with Gasteiger partial charge in [0.15, 0.2) is 11.0 Å². The van der Waals surface area contributed by atoms with E-state index < -0.39 is 0 Å². The van der Waals surface area contributed by atoms with Crippen LogP contribution in [0, 0.1) is 6.92 Å². The Morgan fingerprint density at radius 2 is 1.66 bits per heavy atom. The molecule has 5 nitrogen and oxygen atoms in total. The van der Waals surface area contributed by atoms with E-state index in [1.165, 1.54) is 11.8 Å². The summed E-state index contributed by atoms with van der Waals surface area (Å²) in [5.41, 5.74) is 3.88. The second-order valence-electron chi connectivity index (χ2n) is 6.55. The van der Waals surface area contributed by atoms with Crippen LogP contribution in [-0.4, -0.2) is 26.4 Å². The first-order chi connectivity index (χ1) is 14.2. The van der Waals surface area contributed by atoms with E-state index >= 15 is 0 Å². The van der Waals surface area contributed by atoms with Crippen molar-refractivity contribution in [2.24, 2.45) is 0 Å². The van der Waals surface area contributed by atoms with Gasteiger partial charge in [0.1, 0.15) is 0 Å². The van der Waals surface area contributed by atoms with Crippen LogP contribution >= 0.6 is 11.8 Å². The summed E-state index contributed by atoms with van der Waals surface area (Å²) in [5.74, 6) is 0.917. The Labute approximate surface area is 173 Å². The molecule has 0 bridgehead atoms. The maximum atomic E-state index is 12.4. The molecule has 1 aromatic heterocycles. The molecule has 0 aliphatic heterocycles.